The van der Waals surface area contributed by atoms with Crippen molar-refractivity contribution in [1.82, 2.24) is 0 Å². The summed E-state index contributed by atoms with van der Waals surface area (Å²) in [6.07, 6.45) is 4.92. The number of aliphatic hydroxyl groups excluding tert-OH is 1. The number of ketones is 1. The van der Waals surface area contributed by atoms with Gasteiger partial charge in [0.05, 0.1) is 18.6 Å². The van der Waals surface area contributed by atoms with Crippen LogP contribution in [0.15, 0.2) is 34.7 Å². The van der Waals surface area contributed by atoms with Crippen LogP contribution in [-0.2, 0) is 23.9 Å². The highest BCUT2D eigenvalue weighted by Crippen LogP contribution is 2.72. The summed E-state index contributed by atoms with van der Waals surface area (Å²) in [5, 5.41) is 11.5. The van der Waals surface area contributed by atoms with Crippen LogP contribution in [0.5, 0.6) is 0 Å². The summed E-state index contributed by atoms with van der Waals surface area (Å²) in [7, 11) is 0. The van der Waals surface area contributed by atoms with Gasteiger partial charge in [-0.2, -0.15) is 0 Å². The number of esters is 2. The third-order valence-corrected chi connectivity index (χ3v) is 10.4. The molecule has 1 aromatic rings. The summed E-state index contributed by atoms with van der Waals surface area (Å²) in [6, 6.07) is 1.82. The van der Waals surface area contributed by atoms with Gasteiger partial charge in [-0.25, -0.2) is 4.79 Å². The number of rotatable bonds is 2. The van der Waals surface area contributed by atoms with Crippen LogP contribution in [0.2, 0.25) is 0 Å². The summed E-state index contributed by atoms with van der Waals surface area (Å²) in [5.74, 6) is -1.05. The van der Waals surface area contributed by atoms with Crippen LogP contribution in [-0.4, -0.2) is 35.0 Å². The summed E-state index contributed by atoms with van der Waals surface area (Å²) in [4.78, 5) is 38.3. The Morgan fingerprint density at radius 2 is 1.86 bits per heavy atom. The molecule has 0 aromatic carbocycles. The minimum absolute atomic E-state index is 0.0405. The highest BCUT2D eigenvalue weighted by Gasteiger charge is 2.71. The molecule has 3 saturated carbocycles. The van der Waals surface area contributed by atoms with E-state index in [9.17, 15) is 19.5 Å². The number of carbonyl (C=O) groups excluding carboxylic acids is 3. The molecular formula is C28H36O7. The molecule has 0 bridgehead atoms. The maximum absolute atomic E-state index is 13.0. The van der Waals surface area contributed by atoms with Crippen molar-refractivity contribution in [3.8, 4) is 0 Å². The number of hydrogen-bond donors (Lipinski definition) is 1. The van der Waals surface area contributed by atoms with E-state index in [1.807, 2.05) is 19.9 Å². The number of Topliss-reactive ketones (excluding diaryl/α,β-unsaturated/α-hetero) is 1. The van der Waals surface area contributed by atoms with E-state index in [0.717, 1.165) is 24.0 Å². The van der Waals surface area contributed by atoms with E-state index in [-0.39, 0.29) is 24.0 Å². The predicted octanol–water partition coefficient (Wildman–Crippen LogP) is 4.54. The second kappa shape index (κ2) is 7.55. The minimum atomic E-state index is -0.805. The molecule has 0 amide bonds. The smallest absolute Gasteiger partial charge is 0.331 e. The van der Waals surface area contributed by atoms with Gasteiger partial charge in [0.1, 0.15) is 18.0 Å². The number of cyclic esters (lactones) is 1. The first-order chi connectivity index (χ1) is 16.3. The highest BCUT2D eigenvalue weighted by atomic mass is 16.6. The molecule has 1 N–H and O–H groups in total. The van der Waals surface area contributed by atoms with Crippen LogP contribution in [0.25, 0.3) is 0 Å². The molecule has 4 aliphatic rings. The number of hydrogen-bond acceptors (Lipinski definition) is 7. The molecule has 3 fully saturated rings. The first kappa shape index (κ1) is 24.3. The SMILES string of the molecule is CC(=O)O[C@@H]1CC2C(C)(C)C(=O)CC(O)[C@]2(C)C2CC[C@@]3(C)C(=CC(=O)O[C@@H]3c3ccoc3)[C@@]21C. The molecular weight excluding hydrogens is 448 g/mol. The van der Waals surface area contributed by atoms with Crippen molar-refractivity contribution in [3.63, 3.8) is 0 Å². The van der Waals surface area contributed by atoms with Crippen molar-refractivity contribution >= 4 is 17.7 Å². The maximum Gasteiger partial charge on any atom is 0.331 e. The Hall–Kier alpha value is -2.41. The Morgan fingerprint density at radius 3 is 2.49 bits per heavy atom. The molecule has 7 heteroatoms. The van der Waals surface area contributed by atoms with Crippen molar-refractivity contribution in [2.24, 2.45) is 33.5 Å². The molecule has 190 valence electrons. The lowest BCUT2D eigenvalue weighted by atomic mass is 9.36. The Balaban J connectivity index is 1.70. The van der Waals surface area contributed by atoms with Gasteiger partial charge in [-0.3, -0.25) is 9.59 Å². The van der Waals surface area contributed by atoms with Gasteiger partial charge in [0.2, 0.25) is 0 Å². The second-order valence-electron chi connectivity index (χ2n) is 12.3. The molecule has 0 spiro atoms. The average molecular weight is 485 g/mol. The summed E-state index contributed by atoms with van der Waals surface area (Å²) >= 11 is 0. The number of carbonyl (C=O) groups is 3. The third-order valence-electron chi connectivity index (χ3n) is 10.4. The van der Waals surface area contributed by atoms with Crippen LogP contribution >= 0.6 is 0 Å². The first-order valence-corrected chi connectivity index (χ1v) is 12.6. The topological polar surface area (TPSA) is 103 Å². The van der Waals surface area contributed by atoms with E-state index in [1.165, 1.54) is 6.92 Å². The Labute approximate surface area is 206 Å². The van der Waals surface area contributed by atoms with E-state index >= 15 is 0 Å². The quantitative estimate of drug-likeness (QED) is 0.615. The van der Waals surface area contributed by atoms with Crippen LogP contribution < -0.4 is 0 Å². The Bertz CT molecular complexity index is 1100. The minimum Gasteiger partial charge on any atom is -0.472 e. The monoisotopic (exact) mass is 484 g/mol. The zero-order chi connectivity index (χ0) is 25.6. The molecule has 5 rings (SSSR count). The van der Waals surface area contributed by atoms with E-state index in [0.29, 0.717) is 6.42 Å². The molecule has 8 atom stereocenters. The van der Waals surface area contributed by atoms with Gasteiger partial charge in [-0.15, -0.1) is 0 Å². The Kier molecular flexibility index (Phi) is 5.24. The van der Waals surface area contributed by atoms with Crippen molar-refractivity contribution in [2.75, 3.05) is 0 Å². The van der Waals surface area contributed by atoms with E-state index < -0.39 is 51.9 Å². The molecule has 35 heavy (non-hydrogen) atoms. The standard InChI is InChI=1S/C28H36O7/c1-15(29)34-22-11-18-25(2,3)20(30)13-21(31)27(18,5)17-7-9-26(4)19(28(17,22)6)12-23(32)35-24(26)16-8-10-33-14-16/h8,10,12,14,17-18,21-22,24,31H,7,9,11,13H2,1-6H3/t17?,18?,21?,22-,24-,26+,27-,28-/m1/s1. The molecule has 3 unspecified atom stereocenters. The lowest BCUT2D eigenvalue weighted by Crippen LogP contribution is -2.69. The van der Waals surface area contributed by atoms with Gasteiger partial charge in [0.25, 0.3) is 0 Å². The van der Waals surface area contributed by atoms with Gasteiger partial charge in [0.15, 0.2) is 0 Å². The molecule has 2 heterocycles. The highest BCUT2D eigenvalue weighted by molar-refractivity contribution is 5.87. The van der Waals surface area contributed by atoms with Crippen LogP contribution in [0.4, 0.5) is 0 Å². The number of aliphatic hydroxyl groups is 1. The van der Waals surface area contributed by atoms with Crippen LogP contribution in [0, 0.1) is 33.5 Å². The van der Waals surface area contributed by atoms with Gasteiger partial charge in [-0.05, 0) is 42.7 Å². The predicted molar refractivity (Wildman–Crippen MR) is 126 cm³/mol. The summed E-state index contributed by atoms with van der Waals surface area (Å²) in [6.45, 7) is 11.6. The number of ether oxygens (including phenoxy) is 2. The number of fused-ring (bicyclic) bond motifs is 5. The zero-order valence-corrected chi connectivity index (χ0v) is 21.4. The normalized spacial score (nSPS) is 44.3. The largest absolute Gasteiger partial charge is 0.472 e. The van der Waals surface area contributed by atoms with Gasteiger partial charge < -0.3 is 19.0 Å². The molecule has 1 aliphatic heterocycles. The van der Waals surface area contributed by atoms with Gasteiger partial charge in [0, 0.05) is 46.6 Å². The molecule has 1 aromatic heterocycles. The average Bonchev–Trinajstić information content (AvgIpc) is 3.29. The summed E-state index contributed by atoms with van der Waals surface area (Å²) in [5.41, 5.74) is -0.804. The molecule has 0 radical (unpaired) electrons. The lowest BCUT2D eigenvalue weighted by Gasteiger charge is -2.69. The molecule has 7 nitrogen and oxygen atoms in total. The fourth-order valence-electron chi connectivity index (χ4n) is 8.60. The van der Waals surface area contributed by atoms with Crippen molar-refractivity contribution in [2.45, 2.75) is 85.5 Å². The second-order valence-corrected chi connectivity index (χ2v) is 12.3. The lowest BCUT2D eigenvalue weighted by molar-refractivity contribution is -0.233. The Morgan fingerprint density at radius 1 is 1.14 bits per heavy atom. The van der Waals surface area contributed by atoms with Gasteiger partial charge in [-0.1, -0.05) is 34.6 Å². The van der Waals surface area contributed by atoms with E-state index in [2.05, 4.69) is 20.8 Å². The van der Waals surface area contributed by atoms with Crippen LogP contribution in [0.1, 0.15) is 78.9 Å². The zero-order valence-electron chi connectivity index (χ0n) is 21.4. The third kappa shape index (κ3) is 3.09. The summed E-state index contributed by atoms with van der Waals surface area (Å²) < 4.78 is 17.2. The first-order valence-electron chi connectivity index (χ1n) is 12.6. The fourth-order valence-corrected chi connectivity index (χ4v) is 8.60. The maximum atomic E-state index is 13.0. The van der Waals surface area contributed by atoms with Crippen molar-refractivity contribution in [1.29, 1.82) is 0 Å². The van der Waals surface area contributed by atoms with Gasteiger partial charge >= 0.3 is 11.9 Å². The molecule has 0 saturated heterocycles. The molecule has 3 aliphatic carbocycles. The van der Waals surface area contributed by atoms with Crippen LogP contribution in [0.3, 0.4) is 0 Å². The fraction of sp³-hybridized carbons (Fsp3) is 0.679. The van der Waals surface area contributed by atoms with Crippen molar-refractivity contribution in [3.05, 3.63) is 35.8 Å². The van der Waals surface area contributed by atoms with E-state index in [4.69, 9.17) is 13.9 Å². The number of furan rings is 1. The van der Waals surface area contributed by atoms with Crippen molar-refractivity contribution < 1.29 is 33.4 Å². The van der Waals surface area contributed by atoms with E-state index in [1.54, 1.807) is 18.6 Å².